The van der Waals surface area contributed by atoms with Crippen LogP contribution in [0.25, 0.3) is 11.3 Å². The number of nitriles is 1. The highest BCUT2D eigenvalue weighted by Crippen LogP contribution is 2.31. The number of nitrogens with zero attached hydrogens (tertiary/aromatic N) is 3. The van der Waals surface area contributed by atoms with Crippen molar-refractivity contribution >= 4 is 5.69 Å². The van der Waals surface area contributed by atoms with Gasteiger partial charge in [0.25, 0.3) is 0 Å². The highest BCUT2D eigenvalue weighted by atomic mass is 19.4. The number of hydrogen-bond donors (Lipinski definition) is 2. The first-order valence-corrected chi connectivity index (χ1v) is 9.31. The average molecular weight is 424 g/mol. The van der Waals surface area contributed by atoms with E-state index >= 15 is 0 Å². The largest absolute Gasteiger partial charge is 0.573 e. The summed E-state index contributed by atoms with van der Waals surface area (Å²) in [7, 11) is 0. The zero-order chi connectivity index (χ0) is 21.9. The van der Waals surface area contributed by atoms with E-state index in [4.69, 9.17) is 0 Å². The van der Waals surface area contributed by atoms with E-state index in [0.717, 1.165) is 25.0 Å². The number of benzene rings is 1. The predicted molar refractivity (Wildman–Crippen MR) is 101 cm³/mol. The first kappa shape index (κ1) is 21.8. The number of pyridine rings is 1. The summed E-state index contributed by atoms with van der Waals surface area (Å²) in [5.41, 5.74) is 1.32. The van der Waals surface area contributed by atoms with Crippen molar-refractivity contribution in [3.63, 3.8) is 0 Å². The highest BCUT2D eigenvalue weighted by molar-refractivity contribution is 5.67. The second kappa shape index (κ2) is 8.85. The molecule has 0 spiro atoms. The lowest BCUT2D eigenvalue weighted by molar-refractivity contribution is -0.275. The maximum Gasteiger partial charge on any atom is 0.573 e. The van der Waals surface area contributed by atoms with Crippen LogP contribution in [0.15, 0.2) is 30.3 Å². The standard InChI is InChI=1S/C20H20F4N4O2/c1-12(29)26-14-4-6-28(7-5-14)16-9-15(11-25)27-18(10-16)13-2-3-19(17(21)8-13)30-20(22,23)24/h2-3,8-10,12,14,26,29H,4-7H2,1H3. The summed E-state index contributed by atoms with van der Waals surface area (Å²) in [6.07, 6.45) is -4.03. The zero-order valence-electron chi connectivity index (χ0n) is 16.1. The molecule has 6 nitrogen and oxygen atoms in total. The van der Waals surface area contributed by atoms with Gasteiger partial charge < -0.3 is 14.7 Å². The number of ether oxygens (including phenoxy) is 1. The second-order valence-corrected chi connectivity index (χ2v) is 7.00. The van der Waals surface area contributed by atoms with Crippen molar-refractivity contribution in [2.45, 2.75) is 38.4 Å². The van der Waals surface area contributed by atoms with Crippen molar-refractivity contribution in [2.75, 3.05) is 18.0 Å². The first-order valence-electron chi connectivity index (χ1n) is 9.31. The molecule has 0 amide bonds. The van der Waals surface area contributed by atoms with Crippen molar-refractivity contribution in [1.29, 1.82) is 5.26 Å². The van der Waals surface area contributed by atoms with E-state index in [0.29, 0.717) is 18.8 Å². The molecule has 30 heavy (non-hydrogen) atoms. The van der Waals surface area contributed by atoms with E-state index in [1.165, 1.54) is 6.07 Å². The molecule has 2 aromatic rings. The summed E-state index contributed by atoms with van der Waals surface area (Å²) in [5, 5.41) is 21.8. The fourth-order valence-electron chi connectivity index (χ4n) is 3.42. The van der Waals surface area contributed by atoms with Gasteiger partial charge >= 0.3 is 6.36 Å². The molecular formula is C20H20F4N4O2. The SMILES string of the molecule is CC(O)NC1CCN(c2cc(C#N)nc(-c3ccc(OC(F)(F)F)c(F)c3)c2)CC1. The number of hydrogen-bond acceptors (Lipinski definition) is 6. The predicted octanol–water partition coefficient (Wildman–Crippen LogP) is 3.55. The summed E-state index contributed by atoms with van der Waals surface area (Å²) in [6.45, 7) is 3.00. The molecule has 3 rings (SSSR count). The van der Waals surface area contributed by atoms with Gasteiger partial charge in [-0.3, -0.25) is 5.32 Å². The van der Waals surface area contributed by atoms with Gasteiger partial charge in [0.05, 0.1) is 5.69 Å². The fourth-order valence-corrected chi connectivity index (χ4v) is 3.42. The van der Waals surface area contributed by atoms with E-state index < -0.39 is 24.2 Å². The van der Waals surface area contributed by atoms with Gasteiger partial charge in [0, 0.05) is 30.4 Å². The molecule has 1 atom stereocenters. The number of alkyl halides is 3. The van der Waals surface area contributed by atoms with E-state index in [1.54, 1.807) is 19.1 Å². The summed E-state index contributed by atoms with van der Waals surface area (Å²) in [5.74, 6) is -2.11. The zero-order valence-corrected chi connectivity index (χ0v) is 16.1. The van der Waals surface area contributed by atoms with Crippen LogP contribution in [-0.4, -0.2) is 41.8 Å². The average Bonchev–Trinajstić information content (AvgIpc) is 2.68. The Morgan fingerprint density at radius 3 is 2.53 bits per heavy atom. The monoisotopic (exact) mass is 424 g/mol. The number of halogens is 4. The van der Waals surface area contributed by atoms with Crippen LogP contribution >= 0.6 is 0 Å². The number of aliphatic hydroxyl groups is 1. The molecule has 1 aliphatic rings. The van der Waals surface area contributed by atoms with Crippen LogP contribution < -0.4 is 15.0 Å². The quantitative estimate of drug-likeness (QED) is 0.564. The van der Waals surface area contributed by atoms with Crippen LogP contribution in [0, 0.1) is 17.1 Å². The number of anilines is 1. The van der Waals surface area contributed by atoms with E-state index in [2.05, 4.69) is 15.0 Å². The van der Waals surface area contributed by atoms with Gasteiger partial charge in [0.1, 0.15) is 18.0 Å². The summed E-state index contributed by atoms with van der Waals surface area (Å²) in [6, 6.07) is 8.45. The lowest BCUT2D eigenvalue weighted by Crippen LogP contribution is -2.45. The Morgan fingerprint density at radius 2 is 1.97 bits per heavy atom. The molecular weight excluding hydrogens is 404 g/mol. The van der Waals surface area contributed by atoms with Gasteiger partial charge in [-0.1, -0.05) is 0 Å². The molecule has 1 unspecified atom stereocenters. The Labute approximate surface area is 170 Å². The summed E-state index contributed by atoms with van der Waals surface area (Å²) >= 11 is 0. The van der Waals surface area contributed by atoms with E-state index in [-0.39, 0.29) is 23.0 Å². The van der Waals surface area contributed by atoms with Crippen molar-refractivity contribution in [2.24, 2.45) is 0 Å². The number of piperidine rings is 1. The Morgan fingerprint density at radius 1 is 1.27 bits per heavy atom. The number of nitrogens with one attached hydrogen (secondary N) is 1. The third-order valence-electron chi connectivity index (χ3n) is 4.71. The Balaban J connectivity index is 1.84. The molecule has 160 valence electrons. The molecule has 0 radical (unpaired) electrons. The van der Waals surface area contributed by atoms with Crippen LogP contribution in [0.5, 0.6) is 5.75 Å². The summed E-state index contributed by atoms with van der Waals surface area (Å²) in [4.78, 5) is 6.20. The minimum absolute atomic E-state index is 0.114. The van der Waals surface area contributed by atoms with Crippen molar-refractivity contribution < 1.29 is 27.4 Å². The smallest absolute Gasteiger partial charge is 0.403 e. The normalized spacial score (nSPS) is 16.2. The van der Waals surface area contributed by atoms with Crippen LogP contribution in [0.3, 0.4) is 0 Å². The molecule has 0 bridgehead atoms. The van der Waals surface area contributed by atoms with Crippen molar-refractivity contribution in [1.82, 2.24) is 10.3 Å². The molecule has 2 heterocycles. The maximum absolute atomic E-state index is 14.1. The summed E-state index contributed by atoms with van der Waals surface area (Å²) < 4.78 is 54.8. The third-order valence-corrected chi connectivity index (χ3v) is 4.71. The Kier molecular flexibility index (Phi) is 6.43. The Hall–Kier alpha value is -2.90. The molecule has 0 saturated carbocycles. The van der Waals surface area contributed by atoms with Gasteiger partial charge in [-0.15, -0.1) is 13.2 Å². The highest BCUT2D eigenvalue weighted by Gasteiger charge is 2.32. The van der Waals surface area contributed by atoms with Gasteiger partial charge in [-0.05, 0) is 50.1 Å². The molecule has 1 saturated heterocycles. The number of aromatic nitrogens is 1. The molecule has 0 aliphatic carbocycles. The van der Waals surface area contributed by atoms with Gasteiger partial charge in [-0.2, -0.15) is 5.26 Å². The molecule has 1 aliphatic heterocycles. The maximum atomic E-state index is 14.1. The van der Waals surface area contributed by atoms with Crippen LogP contribution in [0.4, 0.5) is 23.2 Å². The topological polar surface area (TPSA) is 81.4 Å². The fraction of sp³-hybridized carbons (Fsp3) is 0.400. The van der Waals surface area contributed by atoms with Gasteiger partial charge in [0.2, 0.25) is 0 Å². The number of rotatable bonds is 5. The second-order valence-electron chi connectivity index (χ2n) is 7.00. The van der Waals surface area contributed by atoms with Crippen LogP contribution in [0.1, 0.15) is 25.5 Å². The minimum Gasteiger partial charge on any atom is -0.403 e. The Bertz CT molecular complexity index is 935. The van der Waals surface area contributed by atoms with Gasteiger partial charge in [-0.25, -0.2) is 9.37 Å². The molecule has 1 aromatic heterocycles. The van der Waals surface area contributed by atoms with Crippen LogP contribution in [0.2, 0.25) is 0 Å². The molecule has 1 fully saturated rings. The van der Waals surface area contributed by atoms with Crippen molar-refractivity contribution in [3.8, 4) is 23.1 Å². The molecule has 1 aromatic carbocycles. The number of aliphatic hydroxyl groups excluding tert-OH is 1. The van der Waals surface area contributed by atoms with Gasteiger partial charge in [0.15, 0.2) is 11.6 Å². The molecule has 10 heteroatoms. The van der Waals surface area contributed by atoms with Crippen molar-refractivity contribution in [3.05, 3.63) is 41.8 Å². The minimum atomic E-state index is -5.00. The third kappa shape index (κ3) is 5.58. The lowest BCUT2D eigenvalue weighted by atomic mass is 10.0. The lowest BCUT2D eigenvalue weighted by Gasteiger charge is -2.34. The first-order chi connectivity index (χ1) is 14.1. The van der Waals surface area contributed by atoms with Crippen LogP contribution in [-0.2, 0) is 0 Å². The van der Waals surface area contributed by atoms with E-state index in [9.17, 15) is 27.9 Å². The van der Waals surface area contributed by atoms with E-state index in [1.807, 2.05) is 11.0 Å². The molecule has 2 N–H and O–H groups in total.